The van der Waals surface area contributed by atoms with Crippen LogP contribution in [0.5, 0.6) is 5.75 Å². The number of fused-ring (bicyclic) bond motifs is 2. The molecule has 1 saturated heterocycles. The van der Waals surface area contributed by atoms with Crippen molar-refractivity contribution in [1.82, 2.24) is 14.5 Å². The highest BCUT2D eigenvalue weighted by Crippen LogP contribution is 2.30. The fourth-order valence-electron chi connectivity index (χ4n) is 5.37. The third kappa shape index (κ3) is 5.18. The predicted molar refractivity (Wildman–Crippen MR) is 160 cm³/mol. The smallest absolute Gasteiger partial charge is 0.293 e. The third-order valence-electron chi connectivity index (χ3n) is 7.60. The maximum Gasteiger partial charge on any atom is 0.293 e. The van der Waals surface area contributed by atoms with Gasteiger partial charge in [0.25, 0.3) is 11.8 Å². The van der Waals surface area contributed by atoms with Crippen LogP contribution in [0.1, 0.15) is 40.2 Å². The Bertz CT molecular complexity index is 1790. The van der Waals surface area contributed by atoms with E-state index in [1.807, 2.05) is 58.0 Å². The number of amides is 3. The van der Waals surface area contributed by atoms with Crippen LogP contribution in [-0.2, 0) is 11.3 Å². The summed E-state index contributed by atoms with van der Waals surface area (Å²) in [5.74, 6) is 0.607. The van der Waals surface area contributed by atoms with Crippen molar-refractivity contribution in [2.75, 3.05) is 37.5 Å². The lowest BCUT2D eigenvalue weighted by molar-refractivity contribution is -0.127. The number of anilines is 2. The Kier molecular flexibility index (Phi) is 7.35. The minimum absolute atomic E-state index is 0.129. The number of furan rings is 1. The molecule has 0 radical (unpaired) electrons. The number of nitrogens with one attached hydrogen (secondary N) is 1. The molecule has 6 rings (SSSR count). The summed E-state index contributed by atoms with van der Waals surface area (Å²) in [5.41, 5.74) is 3.17. The van der Waals surface area contributed by atoms with E-state index >= 15 is 0 Å². The lowest BCUT2D eigenvalue weighted by Gasteiger charge is -2.18. The van der Waals surface area contributed by atoms with Crippen LogP contribution in [-0.4, -0.2) is 59.4 Å². The van der Waals surface area contributed by atoms with E-state index in [9.17, 15) is 14.4 Å². The van der Waals surface area contributed by atoms with E-state index < -0.39 is 5.91 Å². The van der Waals surface area contributed by atoms with Gasteiger partial charge in [-0.2, -0.15) is 0 Å². The highest BCUT2D eigenvalue weighted by molar-refractivity contribution is 6.07. The van der Waals surface area contributed by atoms with Crippen molar-refractivity contribution in [3.63, 3.8) is 0 Å². The molecule has 1 aliphatic rings. The molecule has 0 spiro atoms. The topological polar surface area (TPSA) is 110 Å². The first kappa shape index (κ1) is 27.1. The van der Waals surface area contributed by atoms with Crippen molar-refractivity contribution in [2.45, 2.75) is 25.8 Å². The van der Waals surface area contributed by atoms with Crippen LogP contribution in [0.2, 0.25) is 0 Å². The number of nitrogens with zero attached hydrogens (tertiary/aromatic N) is 4. The van der Waals surface area contributed by atoms with Crippen molar-refractivity contribution in [3.05, 3.63) is 84.1 Å². The van der Waals surface area contributed by atoms with Crippen LogP contribution < -0.4 is 15.0 Å². The van der Waals surface area contributed by atoms with E-state index in [1.54, 1.807) is 43.3 Å². The van der Waals surface area contributed by atoms with Gasteiger partial charge in [0, 0.05) is 49.7 Å². The summed E-state index contributed by atoms with van der Waals surface area (Å²) in [4.78, 5) is 46.7. The number of imidazole rings is 1. The van der Waals surface area contributed by atoms with Crippen LogP contribution in [0.4, 0.5) is 11.6 Å². The average Bonchev–Trinajstić information content (AvgIpc) is 3.73. The summed E-state index contributed by atoms with van der Waals surface area (Å²) < 4.78 is 13.2. The zero-order valence-electron chi connectivity index (χ0n) is 23.5. The second-order valence-corrected chi connectivity index (χ2v) is 10.3. The number of ether oxygens (including phenoxy) is 1. The molecule has 10 nitrogen and oxygen atoms in total. The number of para-hydroxylation sites is 1. The second kappa shape index (κ2) is 11.4. The number of hydrogen-bond acceptors (Lipinski definition) is 6. The van der Waals surface area contributed by atoms with Crippen molar-refractivity contribution in [3.8, 4) is 5.75 Å². The maximum atomic E-state index is 13.4. The van der Waals surface area contributed by atoms with Gasteiger partial charge in [-0.1, -0.05) is 30.3 Å². The monoisotopic (exact) mass is 565 g/mol. The van der Waals surface area contributed by atoms with Crippen molar-refractivity contribution >= 4 is 51.4 Å². The summed E-state index contributed by atoms with van der Waals surface area (Å²) in [5, 5.41) is 3.67. The summed E-state index contributed by atoms with van der Waals surface area (Å²) in [6, 6.07) is 21.8. The molecule has 0 atom stereocenters. The molecular formula is C32H31N5O5. The number of rotatable bonds is 9. The summed E-state index contributed by atoms with van der Waals surface area (Å²) in [6.45, 7) is 1.93. The second-order valence-electron chi connectivity index (χ2n) is 10.3. The molecule has 214 valence electrons. The van der Waals surface area contributed by atoms with Crippen molar-refractivity contribution in [1.29, 1.82) is 0 Å². The van der Waals surface area contributed by atoms with E-state index in [-0.39, 0.29) is 17.6 Å². The Morgan fingerprint density at radius 1 is 1.05 bits per heavy atom. The SMILES string of the molecule is COc1cccc2cc(C(=O)Nc3nc4cc(N(C)C(=O)c5ccccc5)ccc4n3CCCN3CCCC3=O)oc12. The molecule has 0 bridgehead atoms. The quantitative estimate of drug-likeness (QED) is 0.259. The largest absolute Gasteiger partial charge is 0.493 e. The van der Waals surface area contributed by atoms with Gasteiger partial charge in [-0.25, -0.2) is 4.98 Å². The molecule has 5 aromatic rings. The van der Waals surface area contributed by atoms with Crippen LogP contribution in [0, 0.1) is 0 Å². The van der Waals surface area contributed by atoms with E-state index in [4.69, 9.17) is 14.1 Å². The first-order chi connectivity index (χ1) is 20.4. The van der Waals surface area contributed by atoms with Crippen LogP contribution in [0.3, 0.4) is 0 Å². The van der Waals surface area contributed by atoms with Crippen LogP contribution in [0.15, 0.2) is 77.2 Å². The molecule has 0 saturated carbocycles. The Balaban J connectivity index is 1.30. The fraction of sp³-hybridized carbons (Fsp3) is 0.250. The Morgan fingerprint density at radius 3 is 2.64 bits per heavy atom. The standard InChI is InChI=1S/C32H31N5O5/c1-35(31(40)21-9-4-3-5-10-21)23-14-15-25-24(20-23)33-32(37(25)18-8-17-36-16-7-13-28(36)38)34-30(39)27-19-22-11-6-12-26(41-2)29(22)42-27/h3-6,9-12,14-15,19-20H,7-8,13,16-18H2,1-2H3,(H,33,34,39). The van der Waals surface area contributed by atoms with Gasteiger partial charge < -0.3 is 23.5 Å². The van der Waals surface area contributed by atoms with E-state index in [0.717, 1.165) is 23.9 Å². The van der Waals surface area contributed by atoms with Gasteiger partial charge in [0.15, 0.2) is 17.1 Å². The Morgan fingerprint density at radius 2 is 1.88 bits per heavy atom. The number of carbonyl (C=O) groups is 3. The van der Waals surface area contributed by atoms with Crippen molar-refractivity contribution in [2.24, 2.45) is 0 Å². The molecule has 1 N–H and O–H groups in total. The summed E-state index contributed by atoms with van der Waals surface area (Å²) >= 11 is 0. The molecule has 2 aromatic heterocycles. The first-order valence-corrected chi connectivity index (χ1v) is 13.9. The van der Waals surface area contributed by atoms with Gasteiger partial charge in [0.1, 0.15) is 0 Å². The average molecular weight is 566 g/mol. The zero-order valence-corrected chi connectivity index (χ0v) is 23.5. The molecule has 1 fully saturated rings. The Hall–Kier alpha value is -5.12. The highest BCUT2D eigenvalue weighted by atomic mass is 16.5. The number of benzene rings is 3. The van der Waals surface area contributed by atoms with E-state index in [0.29, 0.717) is 60.0 Å². The lowest BCUT2D eigenvalue weighted by Crippen LogP contribution is -2.26. The maximum absolute atomic E-state index is 13.4. The molecule has 1 aliphatic heterocycles. The molecule has 3 aromatic carbocycles. The normalized spacial score (nSPS) is 13.2. The molecule has 3 amide bonds. The van der Waals surface area contributed by atoms with Gasteiger partial charge >= 0.3 is 0 Å². The van der Waals surface area contributed by atoms with Gasteiger partial charge in [0.2, 0.25) is 11.9 Å². The molecular weight excluding hydrogens is 534 g/mol. The van der Waals surface area contributed by atoms with E-state index in [1.165, 1.54) is 0 Å². The number of methoxy groups -OCH3 is 1. The minimum atomic E-state index is -0.448. The number of aromatic nitrogens is 2. The van der Waals surface area contributed by atoms with Crippen LogP contribution in [0.25, 0.3) is 22.0 Å². The number of hydrogen-bond donors (Lipinski definition) is 1. The molecule has 42 heavy (non-hydrogen) atoms. The first-order valence-electron chi connectivity index (χ1n) is 13.9. The predicted octanol–water partition coefficient (Wildman–Crippen LogP) is 5.33. The van der Waals surface area contributed by atoms with Crippen molar-refractivity contribution < 1.29 is 23.5 Å². The van der Waals surface area contributed by atoms with Gasteiger partial charge in [-0.15, -0.1) is 0 Å². The van der Waals surface area contributed by atoms with Gasteiger partial charge in [0.05, 0.1) is 18.1 Å². The molecule has 3 heterocycles. The summed E-state index contributed by atoms with van der Waals surface area (Å²) in [6.07, 6.45) is 2.17. The Labute approximate surface area is 242 Å². The highest BCUT2D eigenvalue weighted by Gasteiger charge is 2.22. The molecule has 0 unspecified atom stereocenters. The zero-order chi connectivity index (χ0) is 29.2. The summed E-state index contributed by atoms with van der Waals surface area (Å²) in [7, 11) is 3.27. The lowest BCUT2D eigenvalue weighted by atomic mass is 10.2. The number of aryl methyl sites for hydroxylation is 1. The number of likely N-dealkylation sites (tertiary alicyclic amines) is 1. The fourth-order valence-corrected chi connectivity index (χ4v) is 5.37. The molecule has 10 heteroatoms. The van der Waals surface area contributed by atoms with Gasteiger partial charge in [-0.05, 0) is 55.3 Å². The molecule has 0 aliphatic carbocycles. The van der Waals surface area contributed by atoms with Crippen LogP contribution >= 0.6 is 0 Å². The number of carbonyl (C=O) groups excluding carboxylic acids is 3. The minimum Gasteiger partial charge on any atom is -0.493 e. The third-order valence-corrected chi connectivity index (χ3v) is 7.60. The van der Waals surface area contributed by atoms with E-state index in [2.05, 4.69) is 5.32 Å². The van der Waals surface area contributed by atoms with Gasteiger partial charge in [-0.3, -0.25) is 19.7 Å².